The Morgan fingerprint density at radius 3 is 2.85 bits per heavy atom. The number of amides is 1. The molecule has 2 heterocycles. The van der Waals surface area contributed by atoms with Crippen molar-refractivity contribution in [3.8, 4) is 5.75 Å². The van der Waals surface area contributed by atoms with E-state index < -0.39 is 0 Å². The van der Waals surface area contributed by atoms with Gasteiger partial charge in [0.05, 0.1) is 10.7 Å². The van der Waals surface area contributed by atoms with Crippen molar-refractivity contribution in [3.63, 3.8) is 0 Å². The Bertz CT molecular complexity index is 1290. The lowest BCUT2D eigenvalue weighted by atomic mass is 10.1. The summed E-state index contributed by atoms with van der Waals surface area (Å²) in [5.74, 6) is 1.90. The molecule has 0 radical (unpaired) electrons. The molecule has 0 bridgehead atoms. The van der Waals surface area contributed by atoms with E-state index in [1.807, 2.05) is 73.2 Å². The van der Waals surface area contributed by atoms with Crippen LogP contribution in [0.25, 0.3) is 6.08 Å². The maximum Gasteiger partial charge on any atom is 0.248 e. The molecule has 2 aromatic carbocycles. The van der Waals surface area contributed by atoms with E-state index in [-0.39, 0.29) is 5.91 Å². The van der Waals surface area contributed by atoms with Gasteiger partial charge in [-0.3, -0.25) is 4.79 Å². The first-order chi connectivity index (χ1) is 16.5. The van der Waals surface area contributed by atoms with Crippen LogP contribution in [0.5, 0.6) is 5.75 Å². The van der Waals surface area contributed by atoms with Crippen LogP contribution in [-0.2, 0) is 17.9 Å². The van der Waals surface area contributed by atoms with Gasteiger partial charge in [0.15, 0.2) is 0 Å². The minimum absolute atomic E-state index is 0.201. The third-order valence-electron chi connectivity index (χ3n) is 5.19. The number of rotatable bonds is 9. The fourth-order valence-corrected chi connectivity index (χ4v) is 4.22. The molecule has 0 saturated heterocycles. The van der Waals surface area contributed by atoms with Crippen molar-refractivity contribution >= 4 is 29.0 Å². The van der Waals surface area contributed by atoms with E-state index in [1.54, 1.807) is 17.4 Å². The van der Waals surface area contributed by atoms with Gasteiger partial charge in [0.25, 0.3) is 0 Å². The number of thiazole rings is 1. The highest BCUT2D eigenvalue weighted by Crippen LogP contribution is 2.22. The zero-order valence-corrected chi connectivity index (χ0v) is 20.4. The molecule has 0 aliphatic rings. The van der Waals surface area contributed by atoms with Gasteiger partial charge < -0.3 is 14.6 Å². The summed E-state index contributed by atoms with van der Waals surface area (Å²) < 4.78 is 8.07. The van der Waals surface area contributed by atoms with Crippen LogP contribution in [0.15, 0.2) is 72.4 Å². The van der Waals surface area contributed by atoms with Crippen molar-refractivity contribution in [3.05, 3.63) is 100 Å². The molecule has 0 unspecified atom stereocenters. The van der Waals surface area contributed by atoms with E-state index >= 15 is 0 Å². The monoisotopic (exact) mass is 472 g/mol. The number of nitrogens with one attached hydrogen (secondary N) is 1. The lowest BCUT2D eigenvalue weighted by Gasteiger charge is -2.11. The number of carbonyl (C=O) groups is 1. The average Bonchev–Trinajstić information content (AvgIpc) is 3.46. The number of aryl methyl sites for hydroxylation is 1. The van der Waals surface area contributed by atoms with Gasteiger partial charge in [0.1, 0.15) is 18.2 Å². The lowest BCUT2D eigenvalue weighted by molar-refractivity contribution is -0.111. The van der Waals surface area contributed by atoms with E-state index in [0.717, 1.165) is 33.3 Å². The van der Waals surface area contributed by atoms with Crippen LogP contribution >= 0.6 is 11.3 Å². The SMILES string of the molecule is Cc1nc(COc2ccccc2C=CC(=O)Nc2cccc(Cn3ccnc3C(C)C)c2)cs1. The molecular formula is C27H28N4O2S. The summed E-state index contributed by atoms with van der Waals surface area (Å²) in [6, 6.07) is 15.5. The Hall–Kier alpha value is -3.71. The molecule has 2 aromatic heterocycles. The Morgan fingerprint density at radius 1 is 1.21 bits per heavy atom. The Kier molecular flexibility index (Phi) is 7.54. The molecule has 1 N–H and O–H groups in total. The summed E-state index contributed by atoms with van der Waals surface area (Å²) in [5, 5.41) is 5.95. The fraction of sp³-hybridized carbons (Fsp3) is 0.222. The molecule has 0 spiro atoms. The van der Waals surface area contributed by atoms with Gasteiger partial charge >= 0.3 is 0 Å². The second kappa shape index (κ2) is 10.9. The number of hydrogen-bond donors (Lipinski definition) is 1. The minimum atomic E-state index is -0.201. The third kappa shape index (κ3) is 6.20. The molecule has 0 fully saturated rings. The van der Waals surface area contributed by atoms with E-state index in [4.69, 9.17) is 4.74 Å². The Balaban J connectivity index is 1.39. The molecule has 174 valence electrons. The first-order valence-corrected chi connectivity index (χ1v) is 12.1. The maximum absolute atomic E-state index is 12.6. The van der Waals surface area contributed by atoms with E-state index in [1.165, 1.54) is 6.08 Å². The second-order valence-electron chi connectivity index (χ2n) is 8.28. The largest absolute Gasteiger partial charge is 0.487 e. The summed E-state index contributed by atoms with van der Waals surface area (Å²) in [4.78, 5) is 21.5. The highest BCUT2D eigenvalue weighted by molar-refractivity contribution is 7.09. The zero-order valence-electron chi connectivity index (χ0n) is 19.6. The molecule has 4 aromatic rings. The van der Waals surface area contributed by atoms with Crippen LogP contribution in [0.1, 0.15) is 47.4 Å². The zero-order chi connectivity index (χ0) is 23.9. The minimum Gasteiger partial charge on any atom is -0.487 e. The molecule has 4 rings (SSSR count). The summed E-state index contributed by atoms with van der Waals surface area (Å²) in [6.45, 7) is 7.33. The summed E-state index contributed by atoms with van der Waals surface area (Å²) >= 11 is 1.60. The third-order valence-corrected chi connectivity index (χ3v) is 6.01. The number of hydrogen-bond acceptors (Lipinski definition) is 5. The van der Waals surface area contributed by atoms with Crippen LogP contribution in [0.2, 0.25) is 0 Å². The highest BCUT2D eigenvalue weighted by atomic mass is 32.1. The molecule has 0 aliphatic carbocycles. The second-order valence-corrected chi connectivity index (χ2v) is 9.34. The summed E-state index contributed by atoms with van der Waals surface area (Å²) in [6.07, 6.45) is 7.10. The van der Waals surface area contributed by atoms with Gasteiger partial charge in [-0.2, -0.15) is 0 Å². The molecule has 0 aliphatic heterocycles. The first-order valence-electron chi connectivity index (χ1n) is 11.2. The number of benzene rings is 2. The van der Waals surface area contributed by atoms with Gasteiger partial charge in [-0.15, -0.1) is 11.3 Å². The quantitative estimate of drug-likeness (QED) is 0.301. The number of anilines is 1. The average molecular weight is 473 g/mol. The van der Waals surface area contributed by atoms with Crippen molar-refractivity contribution in [2.75, 3.05) is 5.32 Å². The van der Waals surface area contributed by atoms with Gasteiger partial charge in [-0.25, -0.2) is 9.97 Å². The van der Waals surface area contributed by atoms with Gasteiger partial charge in [0, 0.05) is 47.6 Å². The molecule has 7 heteroatoms. The number of imidazole rings is 1. The number of ether oxygens (including phenoxy) is 1. The predicted octanol–water partition coefficient (Wildman–Crippen LogP) is 6.05. The van der Waals surface area contributed by atoms with Gasteiger partial charge in [-0.1, -0.05) is 44.2 Å². The van der Waals surface area contributed by atoms with Crippen molar-refractivity contribution in [2.45, 2.75) is 39.8 Å². The summed E-state index contributed by atoms with van der Waals surface area (Å²) in [5.41, 5.74) is 3.58. The van der Waals surface area contributed by atoms with Crippen molar-refractivity contribution in [2.24, 2.45) is 0 Å². The first kappa shape index (κ1) is 23.4. The van der Waals surface area contributed by atoms with Crippen molar-refractivity contribution in [1.82, 2.24) is 14.5 Å². The number of aromatic nitrogens is 3. The van der Waals surface area contributed by atoms with Crippen LogP contribution in [-0.4, -0.2) is 20.4 Å². The molecule has 1 amide bonds. The number of para-hydroxylation sites is 1. The predicted molar refractivity (Wildman–Crippen MR) is 137 cm³/mol. The topological polar surface area (TPSA) is 69.0 Å². The van der Waals surface area contributed by atoms with Crippen LogP contribution < -0.4 is 10.1 Å². The van der Waals surface area contributed by atoms with Crippen LogP contribution in [0.3, 0.4) is 0 Å². The van der Waals surface area contributed by atoms with E-state index in [9.17, 15) is 4.79 Å². The molecule has 0 saturated carbocycles. The van der Waals surface area contributed by atoms with Crippen LogP contribution in [0, 0.1) is 6.92 Å². The Morgan fingerprint density at radius 2 is 2.06 bits per heavy atom. The molecule has 6 nitrogen and oxygen atoms in total. The Labute approximate surface area is 204 Å². The standard InChI is InChI=1S/C27H28N4O2S/c1-19(2)27-28-13-14-31(27)16-21-7-6-9-23(15-21)30-26(32)12-11-22-8-4-5-10-25(22)33-17-24-18-34-20(3)29-24/h4-15,18-19H,16-17H2,1-3H3,(H,30,32). The van der Waals surface area contributed by atoms with Gasteiger partial charge in [-0.05, 0) is 36.8 Å². The van der Waals surface area contributed by atoms with Crippen molar-refractivity contribution in [1.29, 1.82) is 0 Å². The van der Waals surface area contributed by atoms with E-state index in [2.05, 4.69) is 33.7 Å². The van der Waals surface area contributed by atoms with E-state index in [0.29, 0.717) is 24.8 Å². The fourth-order valence-electron chi connectivity index (χ4n) is 3.62. The lowest BCUT2D eigenvalue weighted by Crippen LogP contribution is -2.09. The summed E-state index contributed by atoms with van der Waals surface area (Å²) in [7, 11) is 0. The van der Waals surface area contributed by atoms with Crippen molar-refractivity contribution < 1.29 is 9.53 Å². The van der Waals surface area contributed by atoms with Gasteiger partial charge in [0.2, 0.25) is 5.91 Å². The normalized spacial score (nSPS) is 11.3. The maximum atomic E-state index is 12.6. The van der Waals surface area contributed by atoms with Crippen LogP contribution in [0.4, 0.5) is 5.69 Å². The number of carbonyl (C=O) groups excluding carboxylic acids is 1. The highest BCUT2D eigenvalue weighted by Gasteiger charge is 2.08. The molecular weight excluding hydrogens is 444 g/mol. The smallest absolute Gasteiger partial charge is 0.248 e. The molecule has 0 atom stereocenters. The molecule has 34 heavy (non-hydrogen) atoms. The number of nitrogens with zero attached hydrogens (tertiary/aromatic N) is 3.